The summed E-state index contributed by atoms with van der Waals surface area (Å²) in [5.41, 5.74) is 1.00. The highest BCUT2D eigenvalue weighted by Crippen LogP contribution is 2.28. The molecule has 3 heterocycles. The van der Waals surface area contributed by atoms with Crippen molar-refractivity contribution in [2.75, 3.05) is 38.1 Å². The van der Waals surface area contributed by atoms with Gasteiger partial charge in [-0.25, -0.2) is 18.4 Å². The number of likely N-dealkylation sites (N-methyl/N-ethyl adjacent to an activating group) is 1. The van der Waals surface area contributed by atoms with Gasteiger partial charge in [0.2, 0.25) is 5.88 Å². The number of morpholine rings is 1. The van der Waals surface area contributed by atoms with Gasteiger partial charge in [-0.1, -0.05) is 12.1 Å². The Morgan fingerprint density at radius 2 is 2.13 bits per heavy atom. The molecule has 0 radical (unpaired) electrons. The van der Waals surface area contributed by atoms with Gasteiger partial charge in [0.25, 0.3) is 15.9 Å². The van der Waals surface area contributed by atoms with E-state index in [0.717, 1.165) is 11.3 Å². The molecular weight excluding hydrogens is 554 g/mol. The minimum Gasteiger partial charge on any atom is -0.477 e. The van der Waals surface area contributed by atoms with E-state index in [0.29, 0.717) is 54.8 Å². The molecule has 1 aliphatic heterocycles. The lowest BCUT2D eigenvalue weighted by atomic mass is 9.97. The summed E-state index contributed by atoms with van der Waals surface area (Å²) in [5.74, 6) is -3.68. The number of hydrogen-bond donors (Lipinski definition) is 2. The smallest absolute Gasteiger partial charge is 0.355 e. The summed E-state index contributed by atoms with van der Waals surface area (Å²) in [7, 11) is -2.91. The van der Waals surface area contributed by atoms with Crippen molar-refractivity contribution in [3.8, 4) is 16.5 Å². The fraction of sp³-hybridized carbons (Fsp3) is 0.417. The SMILES string of the molecule is CCOc1cncc(-c2cnc(C(=O)N[C@@H](C[C@@H]3COCCN3C)c3cccc(NS(=O)(=O)C(F)F)c3)s2)n1. The monoisotopic (exact) mass is 582 g/mol. The molecule has 0 saturated carbocycles. The standard InChI is InChI=1S/C24H28F2N6O5S2/c1-3-37-21-13-27-11-19(29-21)20-12-28-23(38-20)22(33)30-18(10-17-14-36-8-7-32(17)2)15-5-4-6-16(9-15)31-39(34,35)24(25)26/h4-6,9,11-13,17-18,24,31H,3,7-8,10,14H2,1-2H3,(H,30,33)/t17-,18+/m1/s1. The van der Waals surface area contributed by atoms with Crippen LogP contribution in [0, 0.1) is 0 Å². The number of aromatic nitrogens is 3. The van der Waals surface area contributed by atoms with Crippen molar-refractivity contribution in [3.05, 3.63) is 53.4 Å². The van der Waals surface area contributed by atoms with E-state index in [2.05, 4.69) is 25.2 Å². The van der Waals surface area contributed by atoms with Crippen molar-refractivity contribution in [1.82, 2.24) is 25.2 Å². The molecule has 0 spiro atoms. The fourth-order valence-electron chi connectivity index (χ4n) is 3.97. The quantitative estimate of drug-likeness (QED) is 0.349. The van der Waals surface area contributed by atoms with Gasteiger partial charge >= 0.3 is 5.76 Å². The molecule has 0 bridgehead atoms. The zero-order valence-corrected chi connectivity index (χ0v) is 22.8. The van der Waals surface area contributed by atoms with Crippen LogP contribution in [-0.2, 0) is 14.8 Å². The third-order valence-corrected chi connectivity index (χ3v) is 7.98. The Hall–Kier alpha value is -3.27. The summed E-state index contributed by atoms with van der Waals surface area (Å²) in [6.45, 7) is 4.00. The lowest BCUT2D eigenvalue weighted by Crippen LogP contribution is -2.45. The molecule has 2 atom stereocenters. The normalized spacial score (nSPS) is 17.1. The van der Waals surface area contributed by atoms with Crippen LogP contribution in [0.4, 0.5) is 14.5 Å². The summed E-state index contributed by atoms with van der Waals surface area (Å²) >= 11 is 1.13. The number of carbonyl (C=O) groups is 1. The first-order chi connectivity index (χ1) is 18.7. The van der Waals surface area contributed by atoms with E-state index >= 15 is 0 Å². The number of benzene rings is 1. The topological polar surface area (TPSA) is 136 Å². The van der Waals surface area contributed by atoms with E-state index in [1.165, 1.54) is 30.6 Å². The average molecular weight is 583 g/mol. The van der Waals surface area contributed by atoms with Gasteiger partial charge in [-0.3, -0.25) is 19.4 Å². The maximum absolute atomic E-state index is 13.3. The molecule has 1 aliphatic rings. The van der Waals surface area contributed by atoms with E-state index < -0.39 is 27.7 Å². The number of nitrogens with zero attached hydrogens (tertiary/aromatic N) is 4. The summed E-state index contributed by atoms with van der Waals surface area (Å²) in [6, 6.07) is 5.37. The molecule has 2 aromatic heterocycles. The second-order valence-electron chi connectivity index (χ2n) is 8.71. The minimum absolute atomic E-state index is 0.0374. The van der Waals surface area contributed by atoms with Gasteiger partial charge in [0, 0.05) is 24.5 Å². The molecule has 11 nitrogen and oxygen atoms in total. The Morgan fingerprint density at radius 1 is 1.31 bits per heavy atom. The first-order valence-electron chi connectivity index (χ1n) is 12.1. The van der Waals surface area contributed by atoms with Crippen molar-refractivity contribution in [2.24, 2.45) is 0 Å². The highest BCUT2D eigenvalue weighted by Gasteiger charge is 2.28. The number of nitrogens with one attached hydrogen (secondary N) is 2. The van der Waals surface area contributed by atoms with Crippen LogP contribution < -0.4 is 14.8 Å². The number of thiazole rings is 1. The molecule has 1 saturated heterocycles. The van der Waals surface area contributed by atoms with Crippen molar-refractivity contribution >= 4 is 33.0 Å². The van der Waals surface area contributed by atoms with E-state index in [1.807, 2.05) is 18.7 Å². The highest BCUT2D eigenvalue weighted by atomic mass is 32.2. The first-order valence-corrected chi connectivity index (χ1v) is 14.4. The van der Waals surface area contributed by atoms with Gasteiger partial charge in [-0.15, -0.1) is 11.3 Å². The van der Waals surface area contributed by atoms with E-state index in [-0.39, 0.29) is 16.7 Å². The Balaban J connectivity index is 1.57. The second-order valence-corrected chi connectivity index (χ2v) is 11.4. The third kappa shape index (κ3) is 7.44. The van der Waals surface area contributed by atoms with Gasteiger partial charge in [-0.05, 0) is 38.1 Å². The lowest BCUT2D eigenvalue weighted by Gasteiger charge is -2.35. The number of sulfonamides is 1. The van der Waals surface area contributed by atoms with Crippen molar-refractivity contribution in [3.63, 3.8) is 0 Å². The maximum Gasteiger partial charge on any atom is 0.355 e. The number of anilines is 1. The summed E-state index contributed by atoms with van der Waals surface area (Å²) in [4.78, 5) is 28.8. The van der Waals surface area contributed by atoms with Crippen LogP contribution in [0.3, 0.4) is 0 Å². The van der Waals surface area contributed by atoms with Crippen LogP contribution in [-0.4, -0.2) is 79.4 Å². The van der Waals surface area contributed by atoms with Crippen LogP contribution >= 0.6 is 11.3 Å². The molecule has 0 aliphatic carbocycles. The van der Waals surface area contributed by atoms with Gasteiger partial charge in [-0.2, -0.15) is 8.78 Å². The molecule has 1 amide bonds. The number of carbonyl (C=O) groups excluding carboxylic acids is 1. The average Bonchev–Trinajstić information content (AvgIpc) is 3.40. The summed E-state index contributed by atoms with van der Waals surface area (Å²) in [6.07, 6.45) is 4.99. The van der Waals surface area contributed by atoms with Crippen LogP contribution in [0.2, 0.25) is 0 Å². The zero-order chi connectivity index (χ0) is 28.0. The molecule has 210 valence electrons. The third-order valence-electron chi connectivity index (χ3n) is 5.98. The molecule has 0 unspecified atom stereocenters. The molecule has 1 aromatic carbocycles. The number of alkyl halides is 2. The number of amides is 1. The van der Waals surface area contributed by atoms with Crippen LogP contribution in [0.25, 0.3) is 10.6 Å². The Bertz CT molecular complexity index is 1390. The Labute approximate surface area is 228 Å². The molecule has 4 rings (SSSR count). The predicted molar refractivity (Wildman–Crippen MR) is 141 cm³/mol. The minimum atomic E-state index is -4.85. The molecule has 2 N–H and O–H groups in total. The van der Waals surface area contributed by atoms with Crippen LogP contribution in [0.15, 0.2) is 42.9 Å². The van der Waals surface area contributed by atoms with E-state index in [1.54, 1.807) is 12.3 Å². The number of rotatable bonds is 11. The Morgan fingerprint density at radius 3 is 2.87 bits per heavy atom. The van der Waals surface area contributed by atoms with Crippen LogP contribution in [0.5, 0.6) is 5.88 Å². The zero-order valence-electron chi connectivity index (χ0n) is 21.2. The first kappa shape index (κ1) is 28.7. The van der Waals surface area contributed by atoms with Crippen molar-refractivity contribution in [1.29, 1.82) is 0 Å². The number of halogens is 2. The van der Waals surface area contributed by atoms with Crippen molar-refractivity contribution in [2.45, 2.75) is 31.2 Å². The fourth-order valence-corrected chi connectivity index (χ4v) is 5.28. The van der Waals surface area contributed by atoms with Gasteiger partial charge in [0.05, 0.1) is 43.1 Å². The molecule has 1 fully saturated rings. The second kappa shape index (κ2) is 12.7. The van der Waals surface area contributed by atoms with Crippen molar-refractivity contribution < 1.29 is 31.5 Å². The van der Waals surface area contributed by atoms with Gasteiger partial charge < -0.3 is 14.8 Å². The van der Waals surface area contributed by atoms with Crippen LogP contribution in [0.1, 0.15) is 34.8 Å². The number of ether oxygens (including phenoxy) is 2. The van der Waals surface area contributed by atoms with E-state index in [9.17, 15) is 22.0 Å². The summed E-state index contributed by atoms with van der Waals surface area (Å²) in [5, 5.41) is 3.15. The van der Waals surface area contributed by atoms with Gasteiger partial charge in [0.15, 0.2) is 5.01 Å². The molecule has 39 heavy (non-hydrogen) atoms. The molecular formula is C24H28F2N6O5S2. The molecule has 15 heteroatoms. The Kier molecular flexibility index (Phi) is 9.37. The largest absolute Gasteiger partial charge is 0.477 e. The lowest BCUT2D eigenvalue weighted by molar-refractivity contribution is -0.000672. The van der Waals surface area contributed by atoms with Gasteiger partial charge in [0.1, 0.15) is 5.69 Å². The summed E-state index contributed by atoms with van der Waals surface area (Å²) < 4.78 is 62.1. The number of hydrogen-bond acceptors (Lipinski definition) is 10. The predicted octanol–water partition coefficient (Wildman–Crippen LogP) is 3.15. The molecule has 3 aromatic rings. The maximum atomic E-state index is 13.3. The highest BCUT2D eigenvalue weighted by molar-refractivity contribution is 7.93. The van der Waals surface area contributed by atoms with E-state index in [4.69, 9.17) is 9.47 Å².